The molecule has 4 fully saturated rings. The molecule has 7 nitrogen and oxygen atoms in total. The third-order valence-electron chi connectivity index (χ3n) is 6.98. The van der Waals surface area contributed by atoms with Crippen LogP contribution in [0.2, 0.25) is 0 Å². The van der Waals surface area contributed by atoms with Gasteiger partial charge in [0.05, 0.1) is 11.2 Å². The zero-order valence-corrected chi connectivity index (χ0v) is 16.2. The van der Waals surface area contributed by atoms with E-state index in [0.717, 1.165) is 50.6 Å². The second kappa shape index (κ2) is 5.91. The molecule has 1 amide bonds. The lowest BCUT2D eigenvalue weighted by molar-refractivity contribution is -0.0745. The second-order valence-corrected chi connectivity index (χ2v) is 9.15. The third-order valence-corrected chi connectivity index (χ3v) is 6.98. The van der Waals surface area contributed by atoms with Crippen molar-refractivity contribution >= 4 is 5.91 Å². The highest BCUT2D eigenvalue weighted by Crippen LogP contribution is 2.60. The summed E-state index contributed by atoms with van der Waals surface area (Å²) < 4.78 is 3.81. The standard InChI is InChI=1S/C20H28N6O/c1-3-4-16-6-17(25(2)24-16)18(27)23-19-7-14-5-15(8-19)10-20(9-14,11-19)26-13-21-12-22-26/h6,12-15H,3-5,7-11H2,1-2H3,(H,23,27)/t14-,15-,19?,20?/m0/s1. The predicted molar refractivity (Wildman–Crippen MR) is 100 cm³/mol. The monoisotopic (exact) mass is 368 g/mol. The molecule has 6 rings (SSSR count). The van der Waals surface area contributed by atoms with Crippen LogP contribution in [-0.2, 0) is 19.0 Å². The molecule has 2 atom stereocenters. The van der Waals surface area contributed by atoms with E-state index in [-0.39, 0.29) is 17.0 Å². The number of hydrogen-bond donors (Lipinski definition) is 1. The fourth-order valence-corrected chi connectivity index (χ4v) is 6.50. The van der Waals surface area contributed by atoms with Gasteiger partial charge >= 0.3 is 0 Å². The highest BCUT2D eigenvalue weighted by molar-refractivity contribution is 5.93. The normalized spacial score (nSPS) is 34.1. The molecule has 4 aliphatic rings. The molecule has 144 valence electrons. The summed E-state index contributed by atoms with van der Waals surface area (Å²) in [5, 5.41) is 12.5. The Kier molecular flexibility index (Phi) is 3.71. The van der Waals surface area contributed by atoms with Crippen molar-refractivity contribution in [2.24, 2.45) is 18.9 Å². The number of carbonyl (C=O) groups excluding carboxylic acids is 1. The van der Waals surface area contributed by atoms with Gasteiger partial charge in [0.15, 0.2) is 0 Å². The topological polar surface area (TPSA) is 77.6 Å². The Balaban J connectivity index is 1.42. The smallest absolute Gasteiger partial charge is 0.269 e. The molecule has 4 saturated carbocycles. The maximum Gasteiger partial charge on any atom is 0.269 e. The molecule has 0 radical (unpaired) electrons. The van der Waals surface area contributed by atoms with Crippen LogP contribution in [0, 0.1) is 11.8 Å². The van der Waals surface area contributed by atoms with E-state index in [1.54, 1.807) is 11.0 Å². The lowest BCUT2D eigenvalue weighted by Gasteiger charge is -2.61. The minimum atomic E-state index is -0.123. The van der Waals surface area contributed by atoms with Crippen LogP contribution in [0.3, 0.4) is 0 Å². The summed E-state index contributed by atoms with van der Waals surface area (Å²) >= 11 is 0. The summed E-state index contributed by atoms with van der Waals surface area (Å²) in [5.41, 5.74) is 1.56. The maximum absolute atomic E-state index is 13.2. The Morgan fingerprint density at radius 3 is 2.74 bits per heavy atom. The average molecular weight is 368 g/mol. The molecule has 0 aromatic carbocycles. The number of aryl methyl sites for hydroxylation is 2. The first-order valence-electron chi connectivity index (χ1n) is 10.2. The lowest BCUT2D eigenvalue weighted by Crippen LogP contribution is -2.66. The Morgan fingerprint density at radius 2 is 2.07 bits per heavy atom. The fraction of sp³-hybridized carbons (Fsp3) is 0.700. The molecule has 0 aliphatic heterocycles. The molecule has 4 bridgehead atoms. The molecule has 2 heterocycles. The molecule has 4 aliphatic carbocycles. The lowest BCUT2D eigenvalue weighted by atomic mass is 9.50. The van der Waals surface area contributed by atoms with Crippen molar-refractivity contribution in [3.63, 3.8) is 0 Å². The van der Waals surface area contributed by atoms with Crippen LogP contribution in [-0.4, -0.2) is 36.0 Å². The average Bonchev–Trinajstić information content (AvgIpc) is 3.24. The zero-order valence-electron chi connectivity index (χ0n) is 16.2. The molecular weight excluding hydrogens is 340 g/mol. The molecule has 7 heteroatoms. The molecule has 0 saturated heterocycles. The SMILES string of the molecule is CCCc1cc(C(=O)NC23C[C@@H]4C[C@@H](C2)CC(n2cncn2)(C4)C3)n(C)n1. The highest BCUT2D eigenvalue weighted by atomic mass is 16.2. The van der Waals surface area contributed by atoms with Gasteiger partial charge in [-0.25, -0.2) is 9.67 Å². The number of nitrogens with one attached hydrogen (secondary N) is 1. The Hall–Kier alpha value is -2.18. The van der Waals surface area contributed by atoms with Crippen molar-refractivity contribution in [2.45, 2.75) is 69.4 Å². The molecule has 2 aromatic heterocycles. The summed E-state index contributed by atoms with van der Waals surface area (Å²) in [6.45, 7) is 2.13. The highest BCUT2D eigenvalue weighted by Gasteiger charge is 2.59. The van der Waals surface area contributed by atoms with Crippen LogP contribution in [0.5, 0.6) is 0 Å². The van der Waals surface area contributed by atoms with Crippen LogP contribution in [0.15, 0.2) is 18.7 Å². The van der Waals surface area contributed by atoms with Gasteiger partial charge in [-0.3, -0.25) is 9.48 Å². The van der Waals surface area contributed by atoms with E-state index in [0.29, 0.717) is 17.5 Å². The first-order chi connectivity index (χ1) is 13.0. The molecular formula is C20H28N6O. The Bertz CT molecular complexity index is 840. The van der Waals surface area contributed by atoms with Gasteiger partial charge in [-0.05, 0) is 62.8 Å². The molecule has 1 N–H and O–H groups in total. The number of hydrogen-bond acceptors (Lipinski definition) is 4. The number of rotatable bonds is 5. The molecule has 0 unspecified atom stereocenters. The first kappa shape index (κ1) is 17.0. The van der Waals surface area contributed by atoms with Crippen LogP contribution in [0.4, 0.5) is 0 Å². The van der Waals surface area contributed by atoms with Gasteiger partial charge in [0.1, 0.15) is 18.3 Å². The second-order valence-electron chi connectivity index (χ2n) is 9.15. The van der Waals surface area contributed by atoms with Gasteiger partial charge in [-0.15, -0.1) is 0 Å². The summed E-state index contributed by atoms with van der Waals surface area (Å²) in [5.74, 6) is 1.35. The van der Waals surface area contributed by atoms with E-state index >= 15 is 0 Å². The van der Waals surface area contributed by atoms with Crippen LogP contribution < -0.4 is 5.32 Å². The van der Waals surface area contributed by atoms with Crippen molar-refractivity contribution in [3.8, 4) is 0 Å². The number of amides is 1. The van der Waals surface area contributed by atoms with Gasteiger partial charge in [0.2, 0.25) is 0 Å². The molecule has 0 spiro atoms. The van der Waals surface area contributed by atoms with E-state index < -0.39 is 0 Å². The summed E-state index contributed by atoms with van der Waals surface area (Å²) in [7, 11) is 1.87. The largest absolute Gasteiger partial charge is 0.345 e. The maximum atomic E-state index is 13.2. The zero-order chi connectivity index (χ0) is 18.6. The quantitative estimate of drug-likeness (QED) is 0.879. The predicted octanol–water partition coefficient (Wildman–Crippen LogP) is 2.44. The number of aromatic nitrogens is 5. The molecule has 2 aromatic rings. The minimum absolute atomic E-state index is 0.0167. The fourth-order valence-electron chi connectivity index (χ4n) is 6.50. The van der Waals surface area contributed by atoms with E-state index in [1.165, 1.54) is 6.42 Å². The van der Waals surface area contributed by atoms with Crippen LogP contribution in [0.1, 0.15) is 68.1 Å². The third kappa shape index (κ3) is 2.70. The number of carbonyl (C=O) groups is 1. The summed E-state index contributed by atoms with van der Waals surface area (Å²) in [6, 6.07) is 1.95. The summed E-state index contributed by atoms with van der Waals surface area (Å²) in [6.07, 6.45) is 12.2. The molecule has 27 heavy (non-hydrogen) atoms. The summed E-state index contributed by atoms with van der Waals surface area (Å²) in [4.78, 5) is 17.3. The van der Waals surface area contributed by atoms with Crippen molar-refractivity contribution in [1.82, 2.24) is 29.9 Å². The van der Waals surface area contributed by atoms with E-state index in [9.17, 15) is 4.79 Å². The van der Waals surface area contributed by atoms with E-state index in [2.05, 4.69) is 32.1 Å². The van der Waals surface area contributed by atoms with Gasteiger partial charge in [0.25, 0.3) is 5.91 Å². The van der Waals surface area contributed by atoms with Crippen molar-refractivity contribution in [1.29, 1.82) is 0 Å². The van der Waals surface area contributed by atoms with E-state index in [4.69, 9.17) is 0 Å². The van der Waals surface area contributed by atoms with Crippen molar-refractivity contribution < 1.29 is 4.79 Å². The van der Waals surface area contributed by atoms with Crippen LogP contribution in [0.25, 0.3) is 0 Å². The Labute approximate surface area is 159 Å². The first-order valence-corrected chi connectivity index (χ1v) is 10.2. The van der Waals surface area contributed by atoms with Crippen molar-refractivity contribution in [2.75, 3.05) is 0 Å². The minimum Gasteiger partial charge on any atom is -0.345 e. The van der Waals surface area contributed by atoms with Gasteiger partial charge < -0.3 is 5.32 Å². The van der Waals surface area contributed by atoms with Gasteiger partial charge in [-0.2, -0.15) is 10.2 Å². The van der Waals surface area contributed by atoms with Crippen molar-refractivity contribution in [3.05, 3.63) is 30.1 Å². The Morgan fingerprint density at radius 1 is 1.30 bits per heavy atom. The van der Waals surface area contributed by atoms with E-state index in [1.807, 2.05) is 19.4 Å². The van der Waals surface area contributed by atoms with Crippen LogP contribution >= 0.6 is 0 Å². The number of nitrogens with zero attached hydrogens (tertiary/aromatic N) is 5. The van der Waals surface area contributed by atoms with Gasteiger partial charge in [0, 0.05) is 12.6 Å². The van der Waals surface area contributed by atoms with Gasteiger partial charge in [-0.1, -0.05) is 13.3 Å².